The smallest absolute Gasteiger partial charge is 0.454 e. The fourth-order valence-electron chi connectivity index (χ4n) is 2.49. The van der Waals surface area contributed by atoms with Crippen molar-refractivity contribution in [1.29, 1.82) is 0 Å². The van der Waals surface area contributed by atoms with Crippen LogP contribution < -0.4 is 15.8 Å². The molecule has 0 bridgehead atoms. The van der Waals surface area contributed by atoms with Crippen LogP contribution in [0, 0.1) is 0 Å². The van der Waals surface area contributed by atoms with Crippen LogP contribution in [0.4, 0.5) is 27.9 Å². The van der Waals surface area contributed by atoms with Crippen LogP contribution in [0.25, 0.3) is 16.6 Å². The molecule has 146 valence electrons. The Morgan fingerprint density at radius 3 is 2.59 bits per heavy atom. The van der Waals surface area contributed by atoms with E-state index in [2.05, 4.69) is 20.4 Å². The van der Waals surface area contributed by atoms with Crippen LogP contribution in [0.1, 0.15) is 5.82 Å². The minimum Gasteiger partial charge on any atom is -0.494 e. The monoisotopic (exact) mass is 390 g/mol. The van der Waals surface area contributed by atoms with Crippen LogP contribution in [0.2, 0.25) is 0 Å². The number of aromatic nitrogens is 4. The average Bonchev–Trinajstić information content (AvgIpc) is 3.02. The molecule has 0 amide bonds. The molecule has 0 atom stereocenters. The van der Waals surface area contributed by atoms with Crippen LogP contribution in [-0.2, 0) is 6.42 Å². The predicted octanol–water partition coefficient (Wildman–Crippen LogP) is 2.20. The third-order valence-electron chi connectivity index (χ3n) is 3.84. The Morgan fingerprint density at radius 2 is 1.93 bits per heavy atom. The lowest BCUT2D eigenvalue weighted by Crippen LogP contribution is -2.45. The quantitative estimate of drug-likeness (QED) is 0.495. The normalized spacial score (nSPS) is 12.8. The van der Waals surface area contributed by atoms with Crippen LogP contribution in [-0.4, -0.2) is 51.9 Å². The lowest BCUT2D eigenvalue weighted by molar-refractivity contribution is -0.279. The first kappa shape index (κ1) is 19.0. The summed E-state index contributed by atoms with van der Waals surface area (Å²) in [5, 5.41) is 6.81. The van der Waals surface area contributed by atoms with Crippen molar-refractivity contribution in [2.45, 2.75) is 18.5 Å². The zero-order chi connectivity index (χ0) is 19.8. The van der Waals surface area contributed by atoms with Crippen LogP contribution in [0.15, 0.2) is 18.2 Å². The minimum atomic E-state index is -5.60. The van der Waals surface area contributed by atoms with Crippen LogP contribution in [0.5, 0.6) is 5.75 Å². The molecule has 1 aromatic carbocycles. The summed E-state index contributed by atoms with van der Waals surface area (Å²) in [6.45, 7) is -1.69. The first-order valence-corrected chi connectivity index (χ1v) is 7.77. The first-order chi connectivity index (χ1) is 12.6. The van der Waals surface area contributed by atoms with Gasteiger partial charge in [0.25, 0.3) is 0 Å². The maximum absolute atomic E-state index is 12.9. The molecule has 0 saturated carbocycles. The standard InChI is InChI=1S/C15H15F5N6O/c1-27-9-4-2-3-8-11(9)24-13(21)26-12(8)23-10(25-26)5-6-22-7-14(16,17)15(18,19)20/h2-4,22H,5-7H2,1H3,(H2,21,24). The molecule has 0 fully saturated rings. The molecule has 0 aliphatic heterocycles. The largest absolute Gasteiger partial charge is 0.494 e. The summed E-state index contributed by atoms with van der Waals surface area (Å²) in [7, 11) is 1.48. The second-order valence-corrected chi connectivity index (χ2v) is 5.72. The van der Waals surface area contributed by atoms with Crippen molar-refractivity contribution in [1.82, 2.24) is 24.9 Å². The van der Waals surface area contributed by atoms with Gasteiger partial charge in [0.15, 0.2) is 11.5 Å². The molecule has 0 unspecified atom stereocenters. The molecule has 2 aromatic heterocycles. The third-order valence-corrected chi connectivity index (χ3v) is 3.84. The number of ether oxygens (including phenoxy) is 1. The van der Waals surface area contributed by atoms with Crippen molar-refractivity contribution in [3.05, 3.63) is 24.0 Å². The van der Waals surface area contributed by atoms with E-state index in [1.54, 1.807) is 18.2 Å². The summed E-state index contributed by atoms with van der Waals surface area (Å²) < 4.78 is 68.6. The number of methoxy groups -OCH3 is 1. The van der Waals surface area contributed by atoms with Crippen LogP contribution in [0.3, 0.4) is 0 Å². The number of anilines is 1. The number of alkyl halides is 5. The van der Waals surface area contributed by atoms with E-state index in [1.807, 2.05) is 0 Å². The van der Waals surface area contributed by atoms with E-state index >= 15 is 0 Å². The summed E-state index contributed by atoms with van der Waals surface area (Å²) in [4.78, 5) is 8.50. The number of nitrogens with zero attached hydrogens (tertiary/aromatic N) is 4. The van der Waals surface area contributed by atoms with Gasteiger partial charge in [-0.2, -0.15) is 26.5 Å². The van der Waals surface area contributed by atoms with Crippen molar-refractivity contribution in [3.8, 4) is 5.75 Å². The van der Waals surface area contributed by atoms with Crippen molar-refractivity contribution in [3.63, 3.8) is 0 Å². The Bertz CT molecular complexity index is 971. The first-order valence-electron chi connectivity index (χ1n) is 7.77. The van der Waals surface area contributed by atoms with E-state index in [9.17, 15) is 22.0 Å². The van der Waals surface area contributed by atoms with Gasteiger partial charge >= 0.3 is 12.1 Å². The molecule has 2 heterocycles. The topological polar surface area (TPSA) is 90.4 Å². The maximum Gasteiger partial charge on any atom is 0.454 e. The predicted molar refractivity (Wildman–Crippen MR) is 86.8 cm³/mol. The number of hydrogen-bond donors (Lipinski definition) is 2. The van der Waals surface area contributed by atoms with E-state index in [0.717, 1.165) is 0 Å². The summed E-state index contributed by atoms with van der Waals surface area (Å²) in [6, 6.07) is 5.17. The number of nitrogen functional groups attached to an aromatic ring is 1. The fraction of sp³-hybridized carbons (Fsp3) is 0.400. The highest BCUT2D eigenvalue weighted by atomic mass is 19.4. The van der Waals surface area contributed by atoms with Gasteiger partial charge in [-0.3, -0.25) is 0 Å². The van der Waals surface area contributed by atoms with Gasteiger partial charge in [0, 0.05) is 18.4 Å². The molecule has 3 aromatic rings. The fourth-order valence-corrected chi connectivity index (χ4v) is 2.49. The number of rotatable bonds is 6. The van der Waals surface area contributed by atoms with E-state index in [-0.39, 0.29) is 24.7 Å². The van der Waals surface area contributed by atoms with E-state index in [0.29, 0.717) is 22.3 Å². The molecule has 3 N–H and O–H groups in total. The highest BCUT2D eigenvalue weighted by molar-refractivity contribution is 5.95. The number of halogens is 5. The SMILES string of the molecule is COc1cccc2c1nc(N)n1nc(CCNCC(F)(F)C(F)(F)F)nc21. The summed E-state index contributed by atoms with van der Waals surface area (Å²) in [5.41, 5.74) is 6.73. The van der Waals surface area contributed by atoms with E-state index < -0.39 is 18.6 Å². The number of nitrogens with two attached hydrogens (primary N) is 1. The van der Waals surface area contributed by atoms with Crippen LogP contribution >= 0.6 is 0 Å². The Balaban J connectivity index is 1.79. The number of hydrogen-bond acceptors (Lipinski definition) is 6. The van der Waals surface area contributed by atoms with Gasteiger partial charge in [0.1, 0.15) is 11.3 Å². The number of fused-ring (bicyclic) bond motifs is 3. The highest BCUT2D eigenvalue weighted by Gasteiger charge is 2.56. The zero-order valence-electron chi connectivity index (χ0n) is 14.0. The van der Waals surface area contributed by atoms with Gasteiger partial charge in [0.2, 0.25) is 5.95 Å². The van der Waals surface area contributed by atoms with E-state index in [1.165, 1.54) is 11.6 Å². The van der Waals surface area contributed by atoms with Crippen molar-refractivity contribution in [2.24, 2.45) is 0 Å². The van der Waals surface area contributed by atoms with Crippen molar-refractivity contribution >= 4 is 22.5 Å². The Labute approximate surface area is 149 Å². The van der Waals surface area contributed by atoms with E-state index in [4.69, 9.17) is 10.5 Å². The maximum atomic E-state index is 12.9. The summed E-state index contributed by atoms with van der Waals surface area (Å²) >= 11 is 0. The lowest BCUT2D eigenvalue weighted by atomic mass is 10.2. The lowest BCUT2D eigenvalue weighted by Gasteiger charge is -2.19. The molecule has 12 heteroatoms. The zero-order valence-corrected chi connectivity index (χ0v) is 14.0. The molecule has 0 aliphatic rings. The van der Waals surface area contributed by atoms with Crippen molar-refractivity contribution in [2.75, 3.05) is 25.9 Å². The third kappa shape index (κ3) is 3.56. The molecule has 0 aliphatic carbocycles. The summed E-state index contributed by atoms with van der Waals surface area (Å²) in [6.07, 6.45) is -5.57. The van der Waals surface area contributed by atoms with Gasteiger partial charge < -0.3 is 15.8 Å². The molecule has 0 spiro atoms. The number of benzene rings is 1. The Hall–Kier alpha value is -2.76. The second-order valence-electron chi connectivity index (χ2n) is 5.72. The van der Waals surface area contributed by atoms with Crippen molar-refractivity contribution < 1.29 is 26.7 Å². The molecular weight excluding hydrogens is 375 g/mol. The number of para-hydroxylation sites is 1. The summed E-state index contributed by atoms with van der Waals surface area (Å²) in [5.74, 6) is -4.05. The highest BCUT2D eigenvalue weighted by Crippen LogP contribution is 2.34. The minimum absolute atomic E-state index is 0.0283. The Morgan fingerprint density at radius 1 is 1.19 bits per heavy atom. The molecule has 3 rings (SSSR count). The van der Waals surface area contributed by atoms with Gasteiger partial charge in [-0.1, -0.05) is 6.07 Å². The molecule has 7 nitrogen and oxygen atoms in total. The second kappa shape index (κ2) is 6.76. The molecular formula is C15H15F5N6O. The molecule has 27 heavy (non-hydrogen) atoms. The molecule has 0 saturated heterocycles. The van der Waals surface area contributed by atoms with Gasteiger partial charge in [-0.05, 0) is 12.1 Å². The average molecular weight is 390 g/mol. The molecule has 0 radical (unpaired) electrons. The number of nitrogens with one attached hydrogen (secondary N) is 1. The van der Waals surface area contributed by atoms with Gasteiger partial charge in [-0.15, -0.1) is 5.10 Å². The van der Waals surface area contributed by atoms with Gasteiger partial charge in [0.05, 0.1) is 13.7 Å². The Kier molecular flexibility index (Phi) is 4.76. The van der Waals surface area contributed by atoms with Gasteiger partial charge in [-0.25, -0.2) is 9.97 Å².